The molecule has 106 valence electrons. The van der Waals surface area contributed by atoms with Crippen molar-refractivity contribution in [2.75, 3.05) is 23.4 Å². The van der Waals surface area contributed by atoms with Gasteiger partial charge in [-0.1, -0.05) is 19.1 Å². The van der Waals surface area contributed by atoms with E-state index in [2.05, 4.69) is 23.5 Å². The second kappa shape index (κ2) is 6.42. The highest BCUT2D eigenvalue weighted by Gasteiger charge is 2.12. The van der Waals surface area contributed by atoms with E-state index in [0.717, 1.165) is 13.0 Å². The van der Waals surface area contributed by atoms with Gasteiger partial charge < -0.3 is 5.32 Å². The number of rotatable bonds is 6. The summed E-state index contributed by atoms with van der Waals surface area (Å²) in [6.45, 7) is 2.44. The molecule has 1 aromatic carbocycles. The van der Waals surface area contributed by atoms with Crippen LogP contribution in [0, 0.1) is 0 Å². The average Bonchev–Trinajstić information content (AvgIpc) is 2.44. The number of hydrogen-bond donors (Lipinski definition) is 1. The Bertz CT molecular complexity index is 523. The minimum Gasteiger partial charge on any atom is -0.385 e. The topological polar surface area (TPSA) is 46.2 Å². The molecule has 1 N–H and O–H groups in total. The van der Waals surface area contributed by atoms with Gasteiger partial charge in [0, 0.05) is 18.0 Å². The molecule has 0 bridgehead atoms. The SMILES string of the molecule is CCS(=O)(=O)CCCNc1cccc2c1CCCC2. The minimum atomic E-state index is -2.83. The van der Waals surface area contributed by atoms with Gasteiger partial charge in [-0.25, -0.2) is 8.42 Å². The van der Waals surface area contributed by atoms with Crippen LogP contribution in [0.3, 0.4) is 0 Å². The largest absolute Gasteiger partial charge is 0.385 e. The van der Waals surface area contributed by atoms with E-state index in [0.29, 0.717) is 6.42 Å². The molecule has 0 fully saturated rings. The lowest BCUT2D eigenvalue weighted by molar-refractivity contribution is 0.595. The van der Waals surface area contributed by atoms with Crippen LogP contribution in [0.4, 0.5) is 5.69 Å². The summed E-state index contributed by atoms with van der Waals surface area (Å²) in [5, 5.41) is 3.41. The summed E-state index contributed by atoms with van der Waals surface area (Å²) in [4.78, 5) is 0. The van der Waals surface area contributed by atoms with Crippen LogP contribution >= 0.6 is 0 Å². The van der Waals surface area contributed by atoms with Gasteiger partial charge in [-0.05, 0) is 49.3 Å². The van der Waals surface area contributed by atoms with Gasteiger partial charge in [-0.3, -0.25) is 0 Å². The van der Waals surface area contributed by atoms with Crippen molar-refractivity contribution in [2.45, 2.75) is 39.0 Å². The Morgan fingerprint density at radius 2 is 2.00 bits per heavy atom. The van der Waals surface area contributed by atoms with E-state index in [1.165, 1.54) is 36.1 Å². The molecule has 1 aliphatic rings. The van der Waals surface area contributed by atoms with Crippen molar-refractivity contribution in [1.29, 1.82) is 0 Å². The van der Waals surface area contributed by atoms with Crippen molar-refractivity contribution in [3.05, 3.63) is 29.3 Å². The molecule has 0 amide bonds. The third kappa shape index (κ3) is 3.96. The van der Waals surface area contributed by atoms with E-state index < -0.39 is 9.84 Å². The maximum Gasteiger partial charge on any atom is 0.150 e. The zero-order valence-electron chi connectivity index (χ0n) is 11.6. The van der Waals surface area contributed by atoms with E-state index in [1.807, 2.05) is 0 Å². The van der Waals surface area contributed by atoms with Crippen LogP contribution in [0.1, 0.15) is 37.3 Å². The Hall–Kier alpha value is -1.03. The summed E-state index contributed by atoms with van der Waals surface area (Å²) in [6.07, 6.45) is 5.54. The van der Waals surface area contributed by atoms with Crippen LogP contribution < -0.4 is 5.32 Å². The standard InChI is InChI=1S/C15H23NO2S/c1-2-19(17,18)12-6-11-16-15-10-5-8-13-7-3-4-9-14(13)15/h5,8,10,16H,2-4,6-7,9,11-12H2,1H3. The van der Waals surface area contributed by atoms with Gasteiger partial charge in [0.05, 0.1) is 5.75 Å². The predicted molar refractivity (Wildman–Crippen MR) is 80.5 cm³/mol. The second-order valence-corrected chi connectivity index (χ2v) is 7.64. The molecule has 0 saturated heterocycles. The van der Waals surface area contributed by atoms with E-state index in [-0.39, 0.29) is 11.5 Å². The molecule has 1 aliphatic carbocycles. The highest BCUT2D eigenvalue weighted by atomic mass is 32.2. The van der Waals surface area contributed by atoms with E-state index in [4.69, 9.17) is 0 Å². The lowest BCUT2D eigenvalue weighted by Gasteiger charge is -2.20. The van der Waals surface area contributed by atoms with Gasteiger partial charge in [0.2, 0.25) is 0 Å². The fourth-order valence-electron chi connectivity index (χ4n) is 2.61. The van der Waals surface area contributed by atoms with Crippen LogP contribution in [-0.4, -0.2) is 26.5 Å². The maximum absolute atomic E-state index is 11.4. The highest BCUT2D eigenvalue weighted by molar-refractivity contribution is 7.91. The van der Waals surface area contributed by atoms with Gasteiger partial charge >= 0.3 is 0 Å². The van der Waals surface area contributed by atoms with E-state index >= 15 is 0 Å². The Labute approximate surface area is 116 Å². The molecular weight excluding hydrogens is 258 g/mol. The molecule has 0 spiro atoms. The molecule has 1 aromatic rings. The number of sulfone groups is 1. The predicted octanol–water partition coefficient (Wildman–Crippen LogP) is 2.80. The molecule has 0 radical (unpaired) electrons. The quantitative estimate of drug-likeness (QED) is 0.816. The van der Waals surface area contributed by atoms with Crippen LogP contribution in [-0.2, 0) is 22.7 Å². The average molecular weight is 281 g/mol. The fourth-order valence-corrected chi connectivity index (χ4v) is 3.48. The van der Waals surface area contributed by atoms with Crippen molar-refractivity contribution >= 4 is 15.5 Å². The summed E-state index contributed by atoms with van der Waals surface area (Å²) < 4.78 is 22.8. The molecular formula is C15H23NO2S. The van der Waals surface area contributed by atoms with Crippen LogP contribution in [0.5, 0.6) is 0 Å². The lowest BCUT2D eigenvalue weighted by atomic mass is 9.90. The first-order valence-corrected chi connectivity index (χ1v) is 8.99. The molecule has 0 unspecified atom stereocenters. The number of hydrogen-bond acceptors (Lipinski definition) is 3. The summed E-state index contributed by atoms with van der Waals surface area (Å²) in [5.41, 5.74) is 4.09. The van der Waals surface area contributed by atoms with Gasteiger partial charge in [0.1, 0.15) is 9.84 Å². The van der Waals surface area contributed by atoms with E-state index in [1.54, 1.807) is 6.92 Å². The molecule has 0 heterocycles. The van der Waals surface area contributed by atoms with Crippen molar-refractivity contribution in [2.24, 2.45) is 0 Å². The summed E-state index contributed by atoms with van der Waals surface area (Å²) >= 11 is 0. The molecule has 0 aromatic heterocycles. The first kappa shape index (κ1) is 14.4. The fraction of sp³-hybridized carbons (Fsp3) is 0.600. The molecule has 0 saturated carbocycles. The van der Waals surface area contributed by atoms with Crippen LogP contribution in [0.25, 0.3) is 0 Å². The first-order valence-electron chi connectivity index (χ1n) is 7.17. The van der Waals surface area contributed by atoms with Crippen molar-refractivity contribution in [3.8, 4) is 0 Å². The van der Waals surface area contributed by atoms with Crippen molar-refractivity contribution in [3.63, 3.8) is 0 Å². The Morgan fingerprint density at radius 3 is 2.79 bits per heavy atom. The van der Waals surface area contributed by atoms with Gasteiger partial charge in [-0.2, -0.15) is 0 Å². The highest BCUT2D eigenvalue weighted by Crippen LogP contribution is 2.27. The minimum absolute atomic E-state index is 0.244. The van der Waals surface area contributed by atoms with E-state index in [9.17, 15) is 8.42 Å². The van der Waals surface area contributed by atoms with Crippen molar-refractivity contribution in [1.82, 2.24) is 0 Å². The zero-order chi connectivity index (χ0) is 13.7. The van der Waals surface area contributed by atoms with Gasteiger partial charge in [0.25, 0.3) is 0 Å². The lowest BCUT2D eigenvalue weighted by Crippen LogP contribution is -2.14. The number of aryl methyl sites for hydroxylation is 1. The second-order valence-electron chi connectivity index (χ2n) is 5.17. The third-order valence-corrected chi connectivity index (χ3v) is 5.57. The Morgan fingerprint density at radius 1 is 1.21 bits per heavy atom. The van der Waals surface area contributed by atoms with Crippen molar-refractivity contribution < 1.29 is 8.42 Å². The Balaban J connectivity index is 1.90. The Kier molecular flexibility index (Phi) is 4.86. The number of fused-ring (bicyclic) bond motifs is 1. The normalized spacial score (nSPS) is 15.0. The molecule has 4 heteroatoms. The van der Waals surface area contributed by atoms with Crippen LogP contribution in [0.15, 0.2) is 18.2 Å². The molecule has 3 nitrogen and oxygen atoms in total. The smallest absolute Gasteiger partial charge is 0.150 e. The third-order valence-electron chi connectivity index (χ3n) is 3.78. The molecule has 2 rings (SSSR count). The number of benzene rings is 1. The molecule has 0 aliphatic heterocycles. The number of nitrogens with one attached hydrogen (secondary N) is 1. The summed E-state index contributed by atoms with van der Waals surface area (Å²) in [6, 6.07) is 6.41. The monoisotopic (exact) mass is 281 g/mol. The van der Waals surface area contributed by atoms with Crippen LogP contribution in [0.2, 0.25) is 0 Å². The van der Waals surface area contributed by atoms with Gasteiger partial charge in [-0.15, -0.1) is 0 Å². The molecule has 0 atom stereocenters. The first-order chi connectivity index (χ1) is 9.12. The van der Waals surface area contributed by atoms with Gasteiger partial charge in [0.15, 0.2) is 0 Å². The summed E-state index contributed by atoms with van der Waals surface area (Å²) in [5.74, 6) is 0.527. The number of anilines is 1. The maximum atomic E-state index is 11.4. The zero-order valence-corrected chi connectivity index (χ0v) is 12.4. The summed E-state index contributed by atoms with van der Waals surface area (Å²) in [7, 11) is -2.83. The molecule has 19 heavy (non-hydrogen) atoms.